The molecule has 8 heteroatoms. The van der Waals surface area contributed by atoms with Gasteiger partial charge in [-0.3, -0.25) is 4.79 Å². The highest BCUT2D eigenvalue weighted by Gasteiger charge is 2.54. The number of phenols is 1. The Morgan fingerprint density at radius 1 is 0.870 bits per heavy atom. The molecule has 0 radical (unpaired) electrons. The number of aromatic hydroxyl groups is 1. The van der Waals surface area contributed by atoms with Gasteiger partial charge < -0.3 is 29.3 Å². The first-order valence-corrected chi connectivity index (χ1v) is 15.4. The quantitative estimate of drug-likeness (QED) is 0.209. The van der Waals surface area contributed by atoms with E-state index in [0.29, 0.717) is 63.8 Å². The molecule has 1 unspecified atom stereocenters. The summed E-state index contributed by atoms with van der Waals surface area (Å²) in [7, 11) is 0. The Bertz CT molecular complexity index is 1970. The average Bonchev–Trinajstić information content (AvgIpc) is 3.29. The average molecular weight is 618 g/mol. The van der Waals surface area contributed by atoms with Crippen molar-refractivity contribution in [2.45, 2.75) is 58.6 Å². The van der Waals surface area contributed by atoms with E-state index in [1.807, 2.05) is 50.2 Å². The summed E-state index contributed by atoms with van der Waals surface area (Å²) in [6, 6.07) is 20.5. The molecule has 1 spiro atoms. The third-order valence-corrected chi connectivity index (χ3v) is 9.26. The van der Waals surface area contributed by atoms with Gasteiger partial charge in [0.05, 0.1) is 11.1 Å². The number of carbonyl (C=O) groups is 2. The number of carbonyl (C=O) groups excluding carboxylic acids is 1. The van der Waals surface area contributed by atoms with Crippen LogP contribution in [0.3, 0.4) is 0 Å². The van der Waals surface area contributed by atoms with E-state index in [1.165, 1.54) is 0 Å². The monoisotopic (exact) mass is 617 g/mol. The molecule has 0 aliphatic carbocycles. The van der Waals surface area contributed by atoms with Gasteiger partial charge in [0.1, 0.15) is 28.7 Å². The Labute approximate surface area is 267 Å². The summed E-state index contributed by atoms with van der Waals surface area (Å²) in [6.45, 7) is 10.5. The van der Waals surface area contributed by atoms with Crippen molar-refractivity contribution in [3.8, 4) is 28.7 Å². The van der Waals surface area contributed by atoms with Crippen molar-refractivity contribution >= 4 is 23.2 Å². The van der Waals surface area contributed by atoms with Crippen molar-refractivity contribution in [3.63, 3.8) is 0 Å². The summed E-state index contributed by atoms with van der Waals surface area (Å²) in [5.74, 6) is 1.12. The van der Waals surface area contributed by atoms with Crippen molar-refractivity contribution in [2.24, 2.45) is 0 Å². The van der Waals surface area contributed by atoms with Gasteiger partial charge in [0.2, 0.25) is 0 Å². The fourth-order valence-corrected chi connectivity index (χ4v) is 7.19. The van der Waals surface area contributed by atoms with E-state index in [-0.39, 0.29) is 17.7 Å². The van der Waals surface area contributed by atoms with Gasteiger partial charge in [-0.1, -0.05) is 24.3 Å². The number of hydrogen-bond donors (Lipinski definition) is 2. The molecule has 4 aromatic carbocycles. The van der Waals surface area contributed by atoms with Gasteiger partial charge in [-0.05, 0) is 94.1 Å². The maximum absolute atomic E-state index is 13.4. The SMILES string of the molecule is CC1=CC(C)(C)N(CCCC(=O)O)c2cc3c(cc21)C1(OC(=O)c2ccccc21)c1ccc(Oc2cc(C)c(O)c(C)c2)cc1O3. The molecule has 7 rings (SSSR count). The standard InChI is InChI=1S/C38H35NO7/c1-21-15-25(16-22(2)35(21)42)44-24-12-13-29-32(17-24)45-33-19-31-27(23(3)20-37(4,5)39(31)14-8-11-34(40)41)18-30(33)38(29)28-10-7-6-9-26(28)36(43)46-38/h6-7,9-10,12-13,15-20,42H,8,11,14H2,1-5H3,(H,40,41). The van der Waals surface area contributed by atoms with Gasteiger partial charge in [-0.25, -0.2) is 4.79 Å². The molecule has 0 saturated heterocycles. The molecule has 0 saturated carbocycles. The minimum absolute atomic E-state index is 0.0676. The summed E-state index contributed by atoms with van der Waals surface area (Å²) in [6.07, 6.45) is 2.74. The van der Waals surface area contributed by atoms with Crippen LogP contribution >= 0.6 is 0 Å². The van der Waals surface area contributed by atoms with E-state index in [1.54, 1.807) is 24.3 Å². The predicted molar refractivity (Wildman–Crippen MR) is 174 cm³/mol. The van der Waals surface area contributed by atoms with E-state index in [0.717, 1.165) is 22.4 Å². The Morgan fingerprint density at radius 3 is 2.33 bits per heavy atom. The molecule has 8 nitrogen and oxygen atoms in total. The number of fused-ring (bicyclic) bond motifs is 7. The summed E-state index contributed by atoms with van der Waals surface area (Å²) < 4.78 is 19.3. The topological polar surface area (TPSA) is 106 Å². The van der Waals surface area contributed by atoms with E-state index in [2.05, 4.69) is 37.8 Å². The number of esters is 1. The molecular formula is C38H35NO7. The molecule has 3 aliphatic rings. The Morgan fingerprint density at radius 2 is 1.59 bits per heavy atom. The number of carboxylic acid groups (broad SMARTS) is 1. The second-order valence-corrected chi connectivity index (χ2v) is 12.9. The summed E-state index contributed by atoms with van der Waals surface area (Å²) in [5, 5.41) is 19.6. The van der Waals surface area contributed by atoms with Crippen molar-refractivity contribution < 1.29 is 34.0 Å². The lowest BCUT2D eigenvalue weighted by Gasteiger charge is -2.45. The zero-order valence-corrected chi connectivity index (χ0v) is 26.4. The zero-order chi connectivity index (χ0) is 32.5. The van der Waals surface area contributed by atoms with Crippen molar-refractivity contribution in [3.05, 3.63) is 112 Å². The lowest BCUT2D eigenvalue weighted by Crippen LogP contribution is -2.46. The minimum atomic E-state index is -1.25. The first kappa shape index (κ1) is 29.5. The van der Waals surface area contributed by atoms with Crippen LogP contribution in [-0.2, 0) is 15.1 Å². The molecule has 0 bridgehead atoms. The first-order chi connectivity index (χ1) is 21.9. The number of carboxylic acids is 1. The number of allylic oxidation sites excluding steroid dienone is 1. The number of phenolic OH excluding ortho intramolecular Hbond substituents is 1. The van der Waals surface area contributed by atoms with Gasteiger partial charge in [0, 0.05) is 53.0 Å². The maximum atomic E-state index is 13.4. The van der Waals surface area contributed by atoms with Crippen LogP contribution < -0.4 is 14.4 Å². The van der Waals surface area contributed by atoms with Crippen LogP contribution in [0.15, 0.2) is 72.8 Å². The number of aliphatic carboxylic acids is 1. The Hall–Kier alpha value is -5.24. The third kappa shape index (κ3) is 4.50. The number of rotatable bonds is 6. The smallest absolute Gasteiger partial charge is 0.340 e. The number of anilines is 1. The minimum Gasteiger partial charge on any atom is -0.507 e. The van der Waals surface area contributed by atoms with Crippen LogP contribution in [-0.4, -0.2) is 34.2 Å². The predicted octanol–water partition coefficient (Wildman–Crippen LogP) is 8.24. The van der Waals surface area contributed by atoms with E-state index in [9.17, 15) is 19.8 Å². The van der Waals surface area contributed by atoms with Crippen molar-refractivity contribution in [1.82, 2.24) is 0 Å². The molecule has 0 fully saturated rings. The molecule has 1 atom stereocenters. The zero-order valence-electron chi connectivity index (χ0n) is 26.4. The molecule has 2 N–H and O–H groups in total. The van der Waals surface area contributed by atoms with Gasteiger partial charge >= 0.3 is 11.9 Å². The summed E-state index contributed by atoms with van der Waals surface area (Å²) in [5.41, 5.74) is 5.38. The number of hydrogen-bond acceptors (Lipinski definition) is 7. The lowest BCUT2D eigenvalue weighted by molar-refractivity contribution is -0.137. The number of benzene rings is 4. The molecule has 46 heavy (non-hydrogen) atoms. The lowest BCUT2D eigenvalue weighted by atomic mass is 9.76. The molecule has 234 valence electrons. The van der Waals surface area contributed by atoms with Crippen LogP contribution in [0.2, 0.25) is 0 Å². The fourth-order valence-electron chi connectivity index (χ4n) is 7.19. The molecule has 0 aromatic heterocycles. The summed E-state index contributed by atoms with van der Waals surface area (Å²) >= 11 is 0. The molecular weight excluding hydrogens is 582 g/mol. The highest BCUT2D eigenvalue weighted by Crippen LogP contribution is 2.58. The molecule has 4 aromatic rings. The molecule has 3 aliphatic heterocycles. The van der Waals surface area contributed by atoms with Crippen LogP contribution in [0.1, 0.15) is 77.4 Å². The Balaban J connectivity index is 1.40. The largest absolute Gasteiger partial charge is 0.507 e. The van der Waals surface area contributed by atoms with E-state index < -0.39 is 17.5 Å². The van der Waals surface area contributed by atoms with Gasteiger partial charge in [0.15, 0.2) is 5.60 Å². The molecule has 0 amide bonds. The number of nitrogens with zero attached hydrogens (tertiary/aromatic N) is 1. The van der Waals surface area contributed by atoms with Crippen LogP contribution in [0.25, 0.3) is 5.57 Å². The number of ether oxygens (including phenoxy) is 3. The first-order valence-electron chi connectivity index (χ1n) is 15.4. The highest BCUT2D eigenvalue weighted by molar-refractivity contribution is 5.97. The van der Waals surface area contributed by atoms with E-state index in [4.69, 9.17) is 14.2 Å². The highest BCUT2D eigenvalue weighted by atomic mass is 16.6. The second kappa shape index (κ2) is 10.4. The third-order valence-electron chi connectivity index (χ3n) is 9.26. The van der Waals surface area contributed by atoms with Crippen molar-refractivity contribution in [2.75, 3.05) is 11.4 Å². The summed E-state index contributed by atoms with van der Waals surface area (Å²) in [4.78, 5) is 27.0. The normalized spacial score (nSPS) is 18.5. The van der Waals surface area contributed by atoms with Crippen molar-refractivity contribution in [1.29, 1.82) is 0 Å². The fraction of sp³-hybridized carbons (Fsp3) is 0.263. The second-order valence-electron chi connectivity index (χ2n) is 12.9. The van der Waals surface area contributed by atoms with Gasteiger partial charge in [-0.2, -0.15) is 0 Å². The Kier molecular flexibility index (Phi) is 6.67. The number of aryl methyl sites for hydroxylation is 2. The van der Waals surface area contributed by atoms with Gasteiger partial charge in [0.25, 0.3) is 0 Å². The maximum Gasteiger partial charge on any atom is 0.340 e. The van der Waals surface area contributed by atoms with Crippen LogP contribution in [0.5, 0.6) is 28.7 Å². The van der Waals surface area contributed by atoms with E-state index >= 15 is 0 Å². The van der Waals surface area contributed by atoms with Gasteiger partial charge in [-0.15, -0.1) is 0 Å². The molecule has 3 heterocycles. The van der Waals surface area contributed by atoms with Crippen LogP contribution in [0.4, 0.5) is 5.69 Å². The van der Waals surface area contributed by atoms with Crippen LogP contribution in [0, 0.1) is 13.8 Å².